The highest BCUT2D eigenvalue weighted by Gasteiger charge is 2.26. The molecule has 1 saturated heterocycles. The minimum Gasteiger partial charge on any atom is -0.508 e. The third-order valence-corrected chi connectivity index (χ3v) is 4.11. The number of likely N-dealkylation sites (tertiary alicyclic amines) is 1. The molecule has 4 nitrogen and oxygen atoms in total. The number of piperidine rings is 1. The van der Waals surface area contributed by atoms with E-state index in [1.54, 1.807) is 11.0 Å². The number of aliphatic hydroxyl groups is 1. The quantitative estimate of drug-likeness (QED) is 0.889. The average Bonchev–Trinajstić information content (AvgIpc) is 2.46. The SMILES string of the molecule is CCc1cc(O)ccc1C1CCN(C(=O)C(C)O)CC1. The van der Waals surface area contributed by atoms with Gasteiger partial charge in [0.15, 0.2) is 0 Å². The first-order chi connectivity index (χ1) is 9.52. The van der Waals surface area contributed by atoms with E-state index in [9.17, 15) is 15.0 Å². The molecule has 4 heteroatoms. The van der Waals surface area contributed by atoms with Gasteiger partial charge in [-0.25, -0.2) is 0 Å². The number of phenols is 1. The van der Waals surface area contributed by atoms with E-state index in [-0.39, 0.29) is 5.91 Å². The van der Waals surface area contributed by atoms with Crippen molar-refractivity contribution in [3.05, 3.63) is 29.3 Å². The van der Waals surface area contributed by atoms with Gasteiger partial charge in [0.1, 0.15) is 11.9 Å². The van der Waals surface area contributed by atoms with E-state index in [0.717, 1.165) is 19.3 Å². The van der Waals surface area contributed by atoms with Crippen molar-refractivity contribution < 1.29 is 15.0 Å². The molecule has 1 heterocycles. The van der Waals surface area contributed by atoms with E-state index in [1.165, 1.54) is 18.1 Å². The van der Waals surface area contributed by atoms with E-state index in [0.29, 0.717) is 24.8 Å². The molecular weight excluding hydrogens is 254 g/mol. The molecule has 0 spiro atoms. The van der Waals surface area contributed by atoms with Gasteiger partial charge >= 0.3 is 0 Å². The van der Waals surface area contributed by atoms with Crippen LogP contribution in [0.3, 0.4) is 0 Å². The second-order valence-corrected chi connectivity index (χ2v) is 5.51. The molecule has 1 fully saturated rings. The monoisotopic (exact) mass is 277 g/mol. The number of carbonyl (C=O) groups is 1. The second kappa shape index (κ2) is 6.27. The van der Waals surface area contributed by atoms with Crippen LogP contribution in [0.4, 0.5) is 0 Å². The van der Waals surface area contributed by atoms with Gasteiger partial charge in [0.05, 0.1) is 0 Å². The van der Waals surface area contributed by atoms with Crippen molar-refractivity contribution in [2.24, 2.45) is 0 Å². The van der Waals surface area contributed by atoms with Crippen LogP contribution in [0, 0.1) is 0 Å². The van der Waals surface area contributed by atoms with Gasteiger partial charge in [0.2, 0.25) is 0 Å². The fraction of sp³-hybridized carbons (Fsp3) is 0.562. The van der Waals surface area contributed by atoms with Gasteiger partial charge in [-0.2, -0.15) is 0 Å². The molecule has 1 aliphatic heterocycles. The Kier molecular flexibility index (Phi) is 4.65. The summed E-state index contributed by atoms with van der Waals surface area (Å²) in [6, 6.07) is 5.58. The number of benzene rings is 1. The van der Waals surface area contributed by atoms with Gasteiger partial charge in [-0.05, 0) is 55.4 Å². The predicted molar refractivity (Wildman–Crippen MR) is 77.7 cm³/mol. The highest BCUT2D eigenvalue weighted by atomic mass is 16.3. The molecule has 2 N–H and O–H groups in total. The Morgan fingerprint density at radius 3 is 2.60 bits per heavy atom. The van der Waals surface area contributed by atoms with E-state index >= 15 is 0 Å². The standard InChI is InChI=1S/C16H23NO3/c1-3-12-10-14(19)4-5-15(12)13-6-8-17(9-7-13)16(20)11(2)18/h4-5,10-11,13,18-19H,3,6-9H2,1-2H3. The van der Waals surface area contributed by atoms with E-state index in [2.05, 4.69) is 6.92 Å². The molecule has 2 rings (SSSR count). The van der Waals surface area contributed by atoms with Crippen molar-refractivity contribution in [3.63, 3.8) is 0 Å². The number of amides is 1. The van der Waals surface area contributed by atoms with Crippen LogP contribution >= 0.6 is 0 Å². The highest BCUT2D eigenvalue weighted by Crippen LogP contribution is 2.32. The zero-order chi connectivity index (χ0) is 14.7. The normalized spacial score (nSPS) is 18.1. The summed E-state index contributed by atoms with van der Waals surface area (Å²) in [4.78, 5) is 13.5. The first-order valence-corrected chi connectivity index (χ1v) is 7.31. The zero-order valence-corrected chi connectivity index (χ0v) is 12.2. The Hall–Kier alpha value is -1.55. The lowest BCUT2D eigenvalue weighted by atomic mass is 9.85. The van der Waals surface area contributed by atoms with Crippen molar-refractivity contribution in [2.75, 3.05) is 13.1 Å². The number of carbonyl (C=O) groups excluding carboxylic acids is 1. The highest BCUT2D eigenvalue weighted by molar-refractivity contribution is 5.80. The van der Waals surface area contributed by atoms with E-state index < -0.39 is 6.10 Å². The van der Waals surface area contributed by atoms with Crippen LogP contribution in [-0.4, -0.2) is 40.2 Å². The zero-order valence-electron chi connectivity index (χ0n) is 12.2. The number of hydrogen-bond acceptors (Lipinski definition) is 3. The molecule has 110 valence electrons. The maximum atomic E-state index is 11.8. The number of aromatic hydroxyl groups is 1. The number of hydrogen-bond donors (Lipinski definition) is 2. The fourth-order valence-corrected chi connectivity index (χ4v) is 2.97. The third kappa shape index (κ3) is 3.12. The average molecular weight is 277 g/mol. The Bertz CT molecular complexity index is 477. The first kappa shape index (κ1) is 14.9. The topological polar surface area (TPSA) is 60.8 Å². The lowest BCUT2D eigenvalue weighted by molar-refractivity contribution is -0.140. The van der Waals surface area contributed by atoms with Crippen LogP contribution < -0.4 is 0 Å². The second-order valence-electron chi connectivity index (χ2n) is 5.51. The number of aryl methyl sites for hydroxylation is 1. The Balaban J connectivity index is 2.06. The maximum Gasteiger partial charge on any atom is 0.251 e. The molecular formula is C16H23NO3. The van der Waals surface area contributed by atoms with Gasteiger partial charge in [-0.3, -0.25) is 4.79 Å². The first-order valence-electron chi connectivity index (χ1n) is 7.31. The third-order valence-electron chi connectivity index (χ3n) is 4.11. The van der Waals surface area contributed by atoms with Crippen molar-refractivity contribution in [1.29, 1.82) is 0 Å². The molecule has 0 aromatic heterocycles. The summed E-state index contributed by atoms with van der Waals surface area (Å²) in [5, 5.41) is 18.9. The molecule has 1 atom stereocenters. The van der Waals surface area contributed by atoms with Gasteiger partial charge in [0, 0.05) is 13.1 Å². The largest absolute Gasteiger partial charge is 0.508 e. The van der Waals surface area contributed by atoms with Crippen molar-refractivity contribution in [3.8, 4) is 5.75 Å². The molecule has 0 aliphatic carbocycles. The predicted octanol–water partition coefficient (Wildman–Crippen LogP) is 2.04. The number of aliphatic hydroxyl groups excluding tert-OH is 1. The van der Waals surface area contributed by atoms with Gasteiger partial charge in [-0.1, -0.05) is 13.0 Å². The maximum absolute atomic E-state index is 11.8. The summed E-state index contributed by atoms with van der Waals surface area (Å²) in [5.74, 6) is 0.570. The van der Waals surface area contributed by atoms with Crippen LogP contribution in [0.25, 0.3) is 0 Å². The minimum atomic E-state index is -0.911. The number of phenolic OH excluding ortho intramolecular Hbond substituents is 1. The molecule has 0 radical (unpaired) electrons. The summed E-state index contributed by atoms with van der Waals surface area (Å²) >= 11 is 0. The van der Waals surface area contributed by atoms with Crippen LogP contribution in [0.2, 0.25) is 0 Å². The van der Waals surface area contributed by atoms with Crippen molar-refractivity contribution in [1.82, 2.24) is 4.90 Å². The van der Waals surface area contributed by atoms with E-state index in [1.807, 2.05) is 12.1 Å². The molecule has 0 bridgehead atoms. The molecule has 1 aliphatic rings. The molecule has 20 heavy (non-hydrogen) atoms. The van der Waals surface area contributed by atoms with Crippen LogP contribution in [0.1, 0.15) is 43.7 Å². The molecule has 0 saturated carbocycles. The fourth-order valence-electron chi connectivity index (χ4n) is 2.97. The molecule has 1 aromatic carbocycles. The number of nitrogens with zero attached hydrogens (tertiary/aromatic N) is 1. The van der Waals surface area contributed by atoms with Crippen molar-refractivity contribution >= 4 is 5.91 Å². The van der Waals surface area contributed by atoms with Crippen molar-refractivity contribution in [2.45, 2.75) is 45.1 Å². The molecule has 1 amide bonds. The van der Waals surface area contributed by atoms with Gasteiger partial charge < -0.3 is 15.1 Å². The molecule has 1 aromatic rings. The van der Waals surface area contributed by atoms with Gasteiger partial charge in [-0.15, -0.1) is 0 Å². The Labute approximate surface area is 120 Å². The molecule has 1 unspecified atom stereocenters. The Morgan fingerprint density at radius 2 is 2.05 bits per heavy atom. The van der Waals surface area contributed by atoms with Gasteiger partial charge in [0.25, 0.3) is 5.91 Å². The summed E-state index contributed by atoms with van der Waals surface area (Å²) in [6.07, 6.45) is 1.81. The Morgan fingerprint density at radius 1 is 1.40 bits per heavy atom. The summed E-state index contributed by atoms with van der Waals surface area (Å²) in [7, 11) is 0. The smallest absolute Gasteiger partial charge is 0.251 e. The number of rotatable bonds is 3. The van der Waals surface area contributed by atoms with Crippen LogP contribution in [-0.2, 0) is 11.2 Å². The van der Waals surface area contributed by atoms with Crippen LogP contribution in [0.15, 0.2) is 18.2 Å². The van der Waals surface area contributed by atoms with Crippen LogP contribution in [0.5, 0.6) is 5.75 Å². The minimum absolute atomic E-state index is 0.176. The summed E-state index contributed by atoms with van der Waals surface area (Å²) < 4.78 is 0. The van der Waals surface area contributed by atoms with E-state index in [4.69, 9.17) is 0 Å². The lowest BCUT2D eigenvalue weighted by Gasteiger charge is -2.33. The summed E-state index contributed by atoms with van der Waals surface area (Å²) in [5.41, 5.74) is 2.47. The lowest BCUT2D eigenvalue weighted by Crippen LogP contribution is -2.42. The summed E-state index contributed by atoms with van der Waals surface area (Å²) in [6.45, 7) is 4.99.